The van der Waals surface area contributed by atoms with Crippen molar-refractivity contribution in [3.05, 3.63) is 0 Å². The highest BCUT2D eigenvalue weighted by Gasteiger charge is 2.08. The van der Waals surface area contributed by atoms with Crippen LogP contribution in [-0.2, 0) is 4.74 Å². The van der Waals surface area contributed by atoms with Crippen molar-refractivity contribution in [1.82, 2.24) is 4.90 Å². The Bertz CT molecular complexity index is 90.1. The lowest BCUT2D eigenvalue weighted by Gasteiger charge is -2.25. The molecule has 0 saturated carbocycles. The van der Waals surface area contributed by atoms with E-state index in [2.05, 4.69) is 11.8 Å². The molecular weight excluding hydrogens is 162 g/mol. The highest BCUT2D eigenvalue weighted by molar-refractivity contribution is 4.63. The number of ether oxygens (including phenoxy) is 1. The van der Waals surface area contributed by atoms with Crippen LogP contribution < -0.4 is 0 Å². The molecule has 0 aromatic heterocycles. The molecule has 1 aliphatic heterocycles. The molecule has 0 atom stereocenters. The van der Waals surface area contributed by atoms with Crippen LogP contribution in [0.25, 0.3) is 0 Å². The lowest BCUT2D eigenvalue weighted by molar-refractivity contribution is 0.105. The SMILES string of the molecule is CC.CCOCCN1CCCCC1. The van der Waals surface area contributed by atoms with Crippen LogP contribution in [-0.4, -0.2) is 37.7 Å². The Kier molecular flexibility index (Phi) is 9.94. The van der Waals surface area contributed by atoms with Gasteiger partial charge in [0.25, 0.3) is 0 Å². The third-order valence-corrected chi connectivity index (χ3v) is 2.20. The van der Waals surface area contributed by atoms with E-state index in [1.807, 2.05) is 13.8 Å². The Morgan fingerprint density at radius 2 is 1.69 bits per heavy atom. The summed E-state index contributed by atoms with van der Waals surface area (Å²) in [6.07, 6.45) is 4.18. The van der Waals surface area contributed by atoms with Crippen LogP contribution in [0.1, 0.15) is 40.0 Å². The largest absolute Gasteiger partial charge is 0.380 e. The Morgan fingerprint density at radius 1 is 1.08 bits per heavy atom. The molecule has 1 saturated heterocycles. The zero-order chi connectivity index (χ0) is 9.94. The van der Waals surface area contributed by atoms with Crippen molar-refractivity contribution in [1.29, 1.82) is 0 Å². The number of hydrogen-bond donors (Lipinski definition) is 0. The second-order valence-electron chi connectivity index (χ2n) is 3.10. The first-order valence-corrected chi connectivity index (χ1v) is 5.73. The zero-order valence-corrected chi connectivity index (χ0v) is 9.51. The van der Waals surface area contributed by atoms with Crippen LogP contribution in [0.2, 0.25) is 0 Å². The summed E-state index contributed by atoms with van der Waals surface area (Å²) in [5.41, 5.74) is 0. The van der Waals surface area contributed by atoms with E-state index in [1.54, 1.807) is 0 Å². The van der Waals surface area contributed by atoms with Gasteiger partial charge in [0.1, 0.15) is 0 Å². The minimum Gasteiger partial charge on any atom is -0.380 e. The number of likely N-dealkylation sites (tertiary alicyclic amines) is 1. The van der Waals surface area contributed by atoms with E-state index in [1.165, 1.54) is 32.4 Å². The summed E-state index contributed by atoms with van der Waals surface area (Å²) >= 11 is 0. The molecule has 0 radical (unpaired) electrons. The topological polar surface area (TPSA) is 12.5 Å². The molecule has 0 aromatic carbocycles. The second-order valence-corrected chi connectivity index (χ2v) is 3.10. The Balaban J connectivity index is 0.000000671. The van der Waals surface area contributed by atoms with Crippen LogP contribution in [0.15, 0.2) is 0 Å². The molecule has 0 N–H and O–H groups in total. The van der Waals surface area contributed by atoms with Crippen LogP contribution in [0.3, 0.4) is 0 Å². The van der Waals surface area contributed by atoms with Crippen molar-refractivity contribution in [2.45, 2.75) is 40.0 Å². The van der Waals surface area contributed by atoms with Crippen LogP contribution in [0.4, 0.5) is 0 Å². The molecule has 1 heterocycles. The van der Waals surface area contributed by atoms with Crippen molar-refractivity contribution in [3.8, 4) is 0 Å². The molecule has 0 aromatic rings. The Labute approximate surface area is 83.3 Å². The second kappa shape index (κ2) is 10.0. The average Bonchev–Trinajstić information content (AvgIpc) is 2.23. The van der Waals surface area contributed by atoms with Gasteiger partial charge >= 0.3 is 0 Å². The summed E-state index contributed by atoms with van der Waals surface area (Å²) in [5, 5.41) is 0. The van der Waals surface area contributed by atoms with Gasteiger partial charge in [-0.1, -0.05) is 20.3 Å². The van der Waals surface area contributed by atoms with E-state index in [0.29, 0.717) is 0 Å². The first kappa shape index (κ1) is 12.9. The summed E-state index contributed by atoms with van der Waals surface area (Å²) in [6.45, 7) is 11.5. The summed E-state index contributed by atoms with van der Waals surface area (Å²) in [6, 6.07) is 0. The van der Waals surface area contributed by atoms with Gasteiger partial charge in [-0.15, -0.1) is 0 Å². The number of nitrogens with zero attached hydrogens (tertiary/aromatic N) is 1. The summed E-state index contributed by atoms with van der Waals surface area (Å²) < 4.78 is 5.29. The lowest BCUT2D eigenvalue weighted by Crippen LogP contribution is -2.32. The lowest BCUT2D eigenvalue weighted by atomic mass is 10.1. The third-order valence-electron chi connectivity index (χ3n) is 2.20. The van der Waals surface area contributed by atoms with Crippen molar-refractivity contribution in [3.63, 3.8) is 0 Å². The molecule has 2 nitrogen and oxygen atoms in total. The number of piperidine rings is 1. The molecule has 1 rings (SSSR count). The van der Waals surface area contributed by atoms with Crippen LogP contribution in [0.5, 0.6) is 0 Å². The summed E-state index contributed by atoms with van der Waals surface area (Å²) in [4.78, 5) is 2.50. The van der Waals surface area contributed by atoms with Gasteiger partial charge in [-0.2, -0.15) is 0 Å². The summed E-state index contributed by atoms with van der Waals surface area (Å²) in [5.74, 6) is 0. The first-order chi connectivity index (χ1) is 6.43. The average molecular weight is 187 g/mol. The molecule has 2 heteroatoms. The van der Waals surface area contributed by atoms with E-state index >= 15 is 0 Å². The van der Waals surface area contributed by atoms with Crippen LogP contribution in [0, 0.1) is 0 Å². The van der Waals surface area contributed by atoms with Crippen molar-refractivity contribution >= 4 is 0 Å². The molecule has 0 amide bonds. The van der Waals surface area contributed by atoms with Crippen molar-refractivity contribution in [2.24, 2.45) is 0 Å². The molecule has 0 unspecified atom stereocenters. The van der Waals surface area contributed by atoms with Crippen LogP contribution >= 0.6 is 0 Å². The molecule has 80 valence electrons. The normalized spacial score (nSPS) is 17.8. The van der Waals surface area contributed by atoms with Crippen molar-refractivity contribution in [2.75, 3.05) is 32.8 Å². The fourth-order valence-electron chi connectivity index (χ4n) is 1.52. The standard InChI is InChI=1S/C9H19NO.C2H6/c1-2-11-9-8-10-6-4-3-5-7-10;1-2/h2-9H2,1H3;1-2H3. The highest BCUT2D eigenvalue weighted by atomic mass is 16.5. The zero-order valence-electron chi connectivity index (χ0n) is 9.51. The minimum absolute atomic E-state index is 0.855. The maximum Gasteiger partial charge on any atom is 0.0593 e. The number of hydrogen-bond acceptors (Lipinski definition) is 2. The molecule has 0 bridgehead atoms. The molecular formula is C11H25NO. The fourth-order valence-corrected chi connectivity index (χ4v) is 1.52. The Hall–Kier alpha value is -0.0800. The van der Waals surface area contributed by atoms with Crippen molar-refractivity contribution < 1.29 is 4.74 Å². The van der Waals surface area contributed by atoms with E-state index in [9.17, 15) is 0 Å². The maximum absolute atomic E-state index is 5.29. The minimum atomic E-state index is 0.855. The molecule has 1 aliphatic rings. The van der Waals surface area contributed by atoms with E-state index in [0.717, 1.165) is 19.8 Å². The van der Waals surface area contributed by atoms with E-state index < -0.39 is 0 Å². The van der Waals surface area contributed by atoms with Gasteiger partial charge in [0.2, 0.25) is 0 Å². The van der Waals surface area contributed by atoms with Gasteiger partial charge in [-0.3, -0.25) is 0 Å². The molecule has 13 heavy (non-hydrogen) atoms. The van der Waals surface area contributed by atoms with Gasteiger partial charge in [0.15, 0.2) is 0 Å². The quantitative estimate of drug-likeness (QED) is 0.627. The molecule has 1 fully saturated rings. The number of rotatable bonds is 4. The highest BCUT2D eigenvalue weighted by Crippen LogP contribution is 2.07. The van der Waals surface area contributed by atoms with E-state index in [-0.39, 0.29) is 0 Å². The van der Waals surface area contributed by atoms with Gasteiger partial charge < -0.3 is 9.64 Å². The third kappa shape index (κ3) is 7.03. The Morgan fingerprint density at radius 3 is 2.23 bits per heavy atom. The van der Waals surface area contributed by atoms with Gasteiger partial charge in [0.05, 0.1) is 6.61 Å². The van der Waals surface area contributed by atoms with Gasteiger partial charge in [0, 0.05) is 13.2 Å². The monoisotopic (exact) mass is 187 g/mol. The predicted octanol–water partition coefficient (Wildman–Crippen LogP) is 2.54. The van der Waals surface area contributed by atoms with E-state index in [4.69, 9.17) is 4.74 Å². The first-order valence-electron chi connectivity index (χ1n) is 5.73. The molecule has 0 spiro atoms. The maximum atomic E-state index is 5.29. The smallest absolute Gasteiger partial charge is 0.0593 e. The predicted molar refractivity (Wildman–Crippen MR) is 58.1 cm³/mol. The van der Waals surface area contributed by atoms with Gasteiger partial charge in [-0.05, 0) is 32.9 Å². The molecule has 0 aliphatic carbocycles. The summed E-state index contributed by atoms with van der Waals surface area (Å²) in [7, 11) is 0. The fraction of sp³-hybridized carbons (Fsp3) is 1.00. The van der Waals surface area contributed by atoms with Gasteiger partial charge in [-0.25, -0.2) is 0 Å².